The van der Waals surface area contributed by atoms with Gasteiger partial charge < -0.3 is 5.11 Å². The summed E-state index contributed by atoms with van der Waals surface area (Å²) in [5.41, 5.74) is 2.38. The third-order valence-electron chi connectivity index (χ3n) is 3.61. The fourth-order valence-corrected chi connectivity index (χ4v) is 2.60. The maximum absolute atomic E-state index is 9.77. The van der Waals surface area contributed by atoms with Gasteiger partial charge in [0.05, 0.1) is 17.3 Å². The molecule has 1 aromatic carbocycles. The van der Waals surface area contributed by atoms with Gasteiger partial charge in [-0.3, -0.25) is 4.68 Å². The summed E-state index contributed by atoms with van der Waals surface area (Å²) < 4.78 is 2.06. The molecule has 2 aromatic rings. The first-order valence-corrected chi connectivity index (χ1v) is 7.38. The molecule has 0 spiro atoms. The normalized spacial score (nSPS) is 13.0. The van der Waals surface area contributed by atoms with Crippen LogP contribution in [0.25, 0.3) is 10.9 Å². The zero-order valence-corrected chi connectivity index (χ0v) is 12.0. The first-order chi connectivity index (χ1) is 9.26. The number of hydrogen-bond acceptors (Lipinski definition) is 2. The average Bonchev–Trinajstić information content (AvgIpc) is 2.78. The Morgan fingerprint density at radius 1 is 1.21 bits per heavy atom. The van der Waals surface area contributed by atoms with Crippen LogP contribution in [-0.2, 0) is 13.0 Å². The van der Waals surface area contributed by atoms with E-state index in [2.05, 4.69) is 47.9 Å². The summed E-state index contributed by atoms with van der Waals surface area (Å²) in [5.74, 6) is 0. The maximum Gasteiger partial charge on any atom is 0.0703 e. The summed E-state index contributed by atoms with van der Waals surface area (Å²) in [6, 6.07) is 8.40. The van der Waals surface area contributed by atoms with Crippen LogP contribution in [0.2, 0.25) is 0 Å². The Bertz CT molecular complexity index is 518. The van der Waals surface area contributed by atoms with Crippen molar-refractivity contribution in [2.75, 3.05) is 0 Å². The lowest BCUT2D eigenvalue weighted by molar-refractivity contribution is 0.151. The quantitative estimate of drug-likeness (QED) is 0.827. The maximum atomic E-state index is 9.77. The van der Waals surface area contributed by atoms with Gasteiger partial charge in [0, 0.05) is 11.9 Å². The van der Waals surface area contributed by atoms with Crippen molar-refractivity contribution in [3.63, 3.8) is 0 Å². The van der Waals surface area contributed by atoms with Gasteiger partial charge in [0.15, 0.2) is 0 Å². The van der Waals surface area contributed by atoms with Gasteiger partial charge in [-0.15, -0.1) is 0 Å². The zero-order valence-electron chi connectivity index (χ0n) is 12.0. The number of fused-ring (bicyclic) bond motifs is 1. The van der Waals surface area contributed by atoms with Crippen LogP contribution in [0, 0.1) is 0 Å². The molecule has 104 valence electrons. The number of rotatable bonds is 7. The molecule has 0 saturated heterocycles. The van der Waals surface area contributed by atoms with E-state index >= 15 is 0 Å². The lowest BCUT2D eigenvalue weighted by Crippen LogP contribution is -2.06. The number of para-hydroxylation sites is 1. The summed E-state index contributed by atoms with van der Waals surface area (Å²) in [5, 5.41) is 15.7. The second-order valence-electron chi connectivity index (χ2n) is 5.11. The Kier molecular flexibility index (Phi) is 4.97. The van der Waals surface area contributed by atoms with Crippen molar-refractivity contribution in [3.05, 3.63) is 30.0 Å². The SMILES string of the molecule is CCCC(O)CCCc1nn(CC)c2ccccc12. The highest BCUT2D eigenvalue weighted by Gasteiger charge is 2.09. The van der Waals surface area contributed by atoms with E-state index in [1.54, 1.807) is 0 Å². The third-order valence-corrected chi connectivity index (χ3v) is 3.61. The minimum absolute atomic E-state index is 0.149. The van der Waals surface area contributed by atoms with Gasteiger partial charge in [0.2, 0.25) is 0 Å². The second kappa shape index (κ2) is 6.71. The predicted octanol–water partition coefficient (Wildman–Crippen LogP) is 3.54. The Morgan fingerprint density at radius 3 is 2.74 bits per heavy atom. The number of nitrogens with zero attached hydrogens (tertiary/aromatic N) is 2. The van der Waals surface area contributed by atoms with E-state index in [9.17, 15) is 5.11 Å². The highest BCUT2D eigenvalue weighted by Crippen LogP contribution is 2.20. The van der Waals surface area contributed by atoms with Gasteiger partial charge in [0.1, 0.15) is 0 Å². The van der Waals surface area contributed by atoms with Crippen molar-refractivity contribution < 1.29 is 5.11 Å². The minimum Gasteiger partial charge on any atom is -0.393 e. The smallest absolute Gasteiger partial charge is 0.0703 e. The molecule has 1 N–H and O–H groups in total. The largest absolute Gasteiger partial charge is 0.393 e. The van der Waals surface area contributed by atoms with Gasteiger partial charge in [0.25, 0.3) is 0 Å². The summed E-state index contributed by atoms with van der Waals surface area (Å²) >= 11 is 0. The molecule has 0 aliphatic carbocycles. The van der Waals surface area contributed by atoms with Crippen LogP contribution in [0.5, 0.6) is 0 Å². The Balaban J connectivity index is 2.04. The first kappa shape index (κ1) is 14.1. The van der Waals surface area contributed by atoms with Crippen molar-refractivity contribution in [2.24, 2.45) is 0 Å². The zero-order chi connectivity index (χ0) is 13.7. The standard InChI is InChI=1S/C16H24N2O/c1-3-8-13(19)9-7-11-15-14-10-5-6-12-16(14)18(4-2)17-15/h5-6,10,12-13,19H,3-4,7-9,11H2,1-2H3. The molecule has 1 unspecified atom stereocenters. The molecular formula is C16H24N2O. The van der Waals surface area contributed by atoms with Crippen molar-refractivity contribution in [3.8, 4) is 0 Å². The molecule has 0 aliphatic rings. The van der Waals surface area contributed by atoms with Crippen LogP contribution in [0.1, 0.15) is 45.2 Å². The molecule has 2 rings (SSSR count). The Hall–Kier alpha value is -1.35. The number of aliphatic hydroxyl groups excluding tert-OH is 1. The van der Waals surface area contributed by atoms with E-state index in [4.69, 9.17) is 0 Å². The molecule has 1 heterocycles. The van der Waals surface area contributed by atoms with Crippen molar-refractivity contribution in [1.82, 2.24) is 9.78 Å². The van der Waals surface area contributed by atoms with Crippen LogP contribution in [0.4, 0.5) is 0 Å². The van der Waals surface area contributed by atoms with E-state index in [1.807, 2.05) is 0 Å². The second-order valence-corrected chi connectivity index (χ2v) is 5.11. The summed E-state index contributed by atoms with van der Waals surface area (Å²) in [4.78, 5) is 0. The van der Waals surface area contributed by atoms with Crippen molar-refractivity contribution in [1.29, 1.82) is 0 Å². The van der Waals surface area contributed by atoms with E-state index < -0.39 is 0 Å². The van der Waals surface area contributed by atoms with E-state index in [-0.39, 0.29) is 6.10 Å². The molecule has 1 aromatic heterocycles. The molecule has 0 aliphatic heterocycles. The van der Waals surface area contributed by atoms with Crippen molar-refractivity contribution >= 4 is 10.9 Å². The molecule has 0 radical (unpaired) electrons. The number of benzene rings is 1. The molecule has 0 amide bonds. The highest BCUT2D eigenvalue weighted by molar-refractivity contribution is 5.81. The lowest BCUT2D eigenvalue weighted by Gasteiger charge is -2.07. The lowest BCUT2D eigenvalue weighted by atomic mass is 10.1. The van der Waals surface area contributed by atoms with E-state index in [1.165, 1.54) is 16.6 Å². The highest BCUT2D eigenvalue weighted by atomic mass is 16.3. The average molecular weight is 260 g/mol. The summed E-state index contributed by atoms with van der Waals surface area (Å²) in [6.45, 7) is 5.13. The molecule has 0 saturated carbocycles. The van der Waals surface area contributed by atoms with E-state index in [0.717, 1.165) is 38.6 Å². The monoisotopic (exact) mass is 260 g/mol. The molecule has 1 atom stereocenters. The Labute approximate surface area is 115 Å². The third kappa shape index (κ3) is 3.35. The molecule has 3 nitrogen and oxygen atoms in total. The van der Waals surface area contributed by atoms with Crippen LogP contribution >= 0.6 is 0 Å². The topological polar surface area (TPSA) is 38.1 Å². The van der Waals surface area contributed by atoms with Gasteiger partial charge >= 0.3 is 0 Å². The first-order valence-electron chi connectivity index (χ1n) is 7.38. The molecule has 0 bridgehead atoms. The van der Waals surface area contributed by atoms with Crippen LogP contribution in [0.15, 0.2) is 24.3 Å². The number of aliphatic hydroxyl groups is 1. The van der Waals surface area contributed by atoms with Crippen LogP contribution < -0.4 is 0 Å². The minimum atomic E-state index is -0.149. The number of aryl methyl sites for hydroxylation is 2. The molecule has 0 fully saturated rings. The van der Waals surface area contributed by atoms with Gasteiger partial charge in [-0.05, 0) is 38.7 Å². The van der Waals surface area contributed by atoms with Crippen molar-refractivity contribution in [2.45, 2.75) is 58.6 Å². The summed E-state index contributed by atoms with van der Waals surface area (Å²) in [6.07, 6.45) is 4.64. The van der Waals surface area contributed by atoms with E-state index in [0.29, 0.717) is 0 Å². The fraction of sp³-hybridized carbons (Fsp3) is 0.562. The number of aromatic nitrogens is 2. The Morgan fingerprint density at radius 2 is 2.00 bits per heavy atom. The number of hydrogen-bond donors (Lipinski definition) is 1. The van der Waals surface area contributed by atoms with Crippen LogP contribution in [-0.4, -0.2) is 21.0 Å². The predicted molar refractivity (Wildman–Crippen MR) is 79.3 cm³/mol. The van der Waals surface area contributed by atoms with Crippen LogP contribution in [0.3, 0.4) is 0 Å². The van der Waals surface area contributed by atoms with Gasteiger partial charge in [-0.25, -0.2) is 0 Å². The molecular weight excluding hydrogens is 236 g/mol. The fourth-order valence-electron chi connectivity index (χ4n) is 2.60. The molecule has 19 heavy (non-hydrogen) atoms. The molecule has 3 heteroatoms. The van der Waals surface area contributed by atoms with Gasteiger partial charge in [-0.2, -0.15) is 5.10 Å². The van der Waals surface area contributed by atoms with Gasteiger partial charge in [-0.1, -0.05) is 31.5 Å². The summed E-state index contributed by atoms with van der Waals surface area (Å²) in [7, 11) is 0.